The number of imide groups is 1. The molecule has 0 heterocycles. The molecule has 2 N–H and O–H groups in total. The van der Waals surface area contributed by atoms with Crippen molar-refractivity contribution in [3.05, 3.63) is 30.1 Å². The Morgan fingerprint density at radius 2 is 2.00 bits per heavy atom. The molecule has 4 unspecified atom stereocenters. The molecule has 0 aliphatic heterocycles. The second-order valence-electron chi connectivity index (χ2n) is 6.89. The van der Waals surface area contributed by atoms with E-state index in [-0.39, 0.29) is 23.5 Å². The number of benzene rings is 1. The molecular formula is C18H23FN2O2S. The summed E-state index contributed by atoms with van der Waals surface area (Å²) in [6.07, 6.45) is 5.10. The molecule has 2 aliphatic carbocycles. The van der Waals surface area contributed by atoms with E-state index in [0.717, 1.165) is 16.7 Å². The number of fused-ring (bicyclic) bond motifs is 2. The van der Waals surface area contributed by atoms with Crippen LogP contribution in [-0.2, 0) is 4.79 Å². The zero-order valence-corrected chi connectivity index (χ0v) is 14.6. The van der Waals surface area contributed by atoms with Gasteiger partial charge >= 0.3 is 6.03 Å². The topological polar surface area (TPSA) is 58.2 Å². The third-order valence-electron chi connectivity index (χ3n) is 5.23. The summed E-state index contributed by atoms with van der Waals surface area (Å²) >= 11 is 1.27. The van der Waals surface area contributed by atoms with E-state index in [9.17, 15) is 14.0 Å². The normalized spacial score (nSPS) is 26.2. The zero-order valence-electron chi connectivity index (χ0n) is 13.8. The highest BCUT2D eigenvalue weighted by molar-refractivity contribution is 8.00. The van der Waals surface area contributed by atoms with Gasteiger partial charge in [-0.2, -0.15) is 0 Å². The molecule has 24 heavy (non-hydrogen) atoms. The lowest BCUT2D eigenvalue weighted by atomic mass is 9.84. The summed E-state index contributed by atoms with van der Waals surface area (Å²) in [4.78, 5) is 24.6. The quantitative estimate of drug-likeness (QED) is 0.798. The fourth-order valence-corrected chi connectivity index (χ4v) is 4.80. The molecule has 2 aliphatic rings. The molecule has 0 saturated heterocycles. The highest BCUT2D eigenvalue weighted by Gasteiger charge is 2.42. The Labute approximate surface area is 146 Å². The molecule has 1 aromatic carbocycles. The van der Waals surface area contributed by atoms with Crippen molar-refractivity contribution < 1.29 is 14.0 Å². The standard InChI is InChI=1S/C18H23FN2O2S/c1-11(16-9-12-2-3-13(16)8-12)20-18(23)21-17(22)10-24-15-6-4-14(19)5-7-15/h4-7,11-13,16H,2-3,8-10H2,1H3,(H2,20,21,22,23). The van der Waals surface area contributed by atoms with E-state index < -0.39 is 6.03 Å². The summed E-state index contributed by atoms with van der Waals surface area (Å²) in [5, 5.41) is 5.29. The Kier molecular flexibility index (Phi) is 5.43. The minimum Gasteiger partial charge on any atom is -0.335 e. The number of hydrogen-bond acceptors (Lipinski definition) is 3. The second kappa shape index (κ2) is 7.55. The number of amides is 3. The fourth-order valence-electron chi connectivity index (χ4n) is 4.10. The summed E-state index contributed by atoms with van der Waals surface area (Å²) in [5.74, 6) is 1.58. The molecule has 2 saturated carbocycles. The number of thioether (sulfide) groups is 1. The lowest BCUT2D eigenvalue weighted by molar-refractivity contribution is -0.117. The van der Waals surface area contributed by atoms with Crippen LogP contribution >= 0.6 is 11.8 Å². The van der Waals surface area contributed by atoms with Gasteiger partial charge in [-0.15, -0.1) is 11.8 Å². The lowest BCUT2D eigenvalue weighted by Gasteiger charge is -2.28. The predicted octanol–water partition coefficient (Wildman–Crippen LogP) is 3.57. The van der Waals surface area contributed by atoms with Crippen molar-refractivity contribution in [1.82, 2.24) is 10.6 Å². The van der Waals surface area contributed by atoms with Crippen LogP contribution in [0.1, 0.15) is 32.6 Å². The summed E-state index contributed by atoms with van der Waals surface area (Å²) in [6.45, 7) is 2.03. The SMILES string of the molecule is CC(NC(=O)NC(=O)CSc1ccc(F)cc1)C1CC2CCC1C2. The molecule has 3 amide bonds. The number of carbonyl (C=O) groups excluding carboxylic acids is 2. The summed E-state index contributed by atoms with van der Waals surface area (Å²) in [6, 6.07) is 5.61. The molecular weight excluding hydrogens is 327 g/mol. The molecule has 0 spiro atoms. The van der Waals surface area contributed by atoms with Crippen LogP contribution in [0.25, 0.3) is 0 Å². The Balaban J connectivity index is 1.39. The number of rotatable bonds is 5. The first-order valence-electron chi connectivity index (χ1n) is 8.50. The van der Waals surface area contributed by atoms with Gasteiger partial charge in [0.05, 0.1) is 5.75 Å². The third kappa shape index (κ3) is 4.29. The lowest BCUT2D eigenvalue weighted by Crippen LogP contribution is -2.47. The first-order valence-corrected chi connectivity index (χ1v) is 9.48. The van der Waals surface area contributed by atoms with E-state index in [1.807, 2.05) is 6.92 Å². The predicted molar refractivity (Wildman–Crippen MR) is 92.2 cm³/mol. The maximum atomic E-state index is 12.8. The van der Waals surface area contributed by atoms with E-state index in [1.54, 1.807) is 12.1 Å². The Morgan fingerprint density at radius 3 is 2.62 bits per heavy atom. The molecule has 0 radical (unpaired) electrons. The molecule has 6 heteroatoms. The highest BCUT2D eigenvalue weighted by atomic mass is 32.2. The minimum absolute atomic E-state index is 0.0952. The number of halogens is 1. The maximum absolute atomic E-state index is 12.8. The average molecular weight is 350 g/mol. The van der Waals surface area contributed by atoms with Gasteiger partial charge in [-0.05, 0) is 68.2 Å². The Bertz CT molecular complexity index is 608. The van der Waals surface area contributed by atoms with Crippen LogP contribution in [-0.4, -0.2) is 23.7 Å². The van der Waals surface area contributed by atoms with Crippen LogP contribution in [0.15, 0.2) is 29.2 Å². The molecule has 3 rings (SSSR count). The summed E-state index contributed by atoms with van der Waals surface area (Å²) in [5.41, 5.74) is 0. The summed E-state index contributed by atoms with van der Waals surface area (Å²) in [7, 11) is 0. The van der Waals surface area contributed by atoms with Crippen LogP contribution in [0.2, 0.25) is 0 Å². The van der Waals surface area contributed by atoms with Crippen LogP contribution in [0.4, 0.5) is 9.18 Å². The smallest absolute Gasteiger partial charge is 0.321 e. The Hall–Kier alpha value is -1.56. The molecule has 4 nitrogen and oxygen atoms in total. The van der Waals surface area contributed by atoms with Gasteiger partial charge in [0.1, 0.15) is 5.82 Å². The van der Waals surface area contributed by atoms with Gasteiger partial charge in [0.15, 0.2) is 0 Å². The van der Waals surface area contributed by atoms with Gasteiger partial charge < -0.3 is 5.32 Å². The van der Waals surface area contributed by atoms with Crippen LogP contribution in [0, 0.1) is 23.6 Å². The van der Waals surface area contributed by atoms with Crippen molar-refractivity contribution in [3.63, 3.8) is 0 Å². The molecule has 2 bridgehead atoms. The fraction of sp³-hybridized carbons (Fsp3) is 0.556. The zero-order chi connectivity index (χ0) is 17.1. The maximum Gasteiger partial charge on any atom is 0.321 e. The largest absolute Gasteiger partial charge is 0.335 e. The van der Waals surface area contributed by atoms with Crippen LogP contribution in [0.5, 0.6) is 0 Å². The van der Waals surface area contributed by atoms with Crippen molar-refractivity contribution >= 4 is 23.7 Å². The van der Waals surface area contributed by atoms with Gasteiger partial charge in [0.25, 0.3) is 0 Å². The first-order chi connectivity index (χ1) is 11.5. The van der Waals surface area contributed by atoms with Crippen molar-refractivity contribution in [1.29, 1.82) is 0 Å². The van der Waals surface area contributed by atoms with E-state index in [0.29, 0.717) is 5.92 Å². The van der Waals surface area contributed by atoms with E-state index >= 15 is 0 Å². The Morgan fingerprint density at radius 1 is 1.25 bits per heavy atom. The van der Waals surface area contributed by atoms with E-state index in [1.165, 1.54) is 49.6 Å². The third-order valence-corrected chi connectivity index (χ3v) is 6.24. The molecule has 2 fully saturated rings. The highest BCUT2D eigenvalue weighted by Crippen LogP contribution is 2.49. The molecule has 130 valence electrons. The van der Waals surface area contributed by atoms with Gasteiger partial charge in [-0.1, -0.05) is 6.42 Å². The monoisotopic (exact) mass is 350 g/mol. The first kappa shape index (κ1) is 17.3. The average Bonchev–Trinajstić information content (AvgIpc) is 3.17. The van der Waals surface area contributed by atoms with Crippen molar-refractivity contribution in [3.8, 4) is 0 Å². The van der Waals surface area contributed by atoms with E-state index in [2.05, 4.69) is 10.6 Å². The van der Waals surface area contributed by atoms with Crippen LogP contribution < -0.4 is 10.6 Å². The van der Waals surface area contributed by atoms with Crippen molar-refractivity contribution in [2.24, 2.45) is 17.8 Å². The molecule has 1 aromatic rings. The van der Waals surface area contributed by atoms with Crippen molar-refractivity contribution in [2.75, 3.05) is 5.75 Å². The minimum atomic E-state index is -0.421. The van der Waals surface area contributed by atoms with Gasteiger partial charge in [0.2, 0.25) is 5.91 Å². The van der Waals surface area contributed by atoms with Gasteiger partial charge in [-0.3, -0.25) is 10.1 Å². The molecule has 0 aromatic heterocycles. The van der Waals surface area contributed by atoms with Gasteiger partial charge in [0, 0.05) is 10.9 Å². The number of urea groups is 1. The van der Waals surface area contributed by atoms with Gasteiger partial charge in [-0.25, -0.2) is 9.18 Å². The van der Waals surface area contributed by atoms with E-state index in [4.69, 9.17) is 0 Å². The molecule has 4 atom stereocenters. The number of carbonyl (C=O) groups is 2. The van der Waals surface area contributed by atoms with Crippen LogP contribution in [0.3, 0.4) is 0 Å². The summed E-state index contributed by atoms with van der Waals surface area (Å²) < 4.78 is 12.8. The number of hydrogen-bond donors (Lipinski definition) is 2. The second-order valence-corrected chi connectivity index (χ2v) is 7.94. The number of nitrogens with one attached hydrogen (secondary N) is 2. The van der Waals surface area contributed by atoms with Crippen molar-refractivity contribution in [2.45, 2.75) is 43.5 Å².